The topological polar surface area (TPSA) is 299 Å². The van der Waals surface area contributed by atoms with Gasteiger partial charge in [-0.2, -0.15) is 0 Å². The van der Waals surface area contributed by atoms with E-state index in [4.69, 9.17) is 42.6 Å². The first kappa shape index (κ1) is 81.9. The molecule has 5 heterocycles. The smallest absolute Gasteiger partial charge is 0.333 e. The number of carbonyl (C=O) groups is 2. The van der Waals surface area contributed by atoms with Crippen LogP contribution in [0.15, 0.2) is 47.6 Å². The van der Waals surface area contributed by atoms with Crippen LogP contribution in [0.25, 0.3) is 0 Å². The van der Waals surface area contributed by atoms with Crippen molar-refractivity contribution >= 4 is 11.9 Å². The van der Waals surface area contributed by atoms with Gasteiger partial charge in [-0.1, -0.05) is 91.8 Å². The summed E-state index contributed by atoms with van der Waals surface area (Å²) in [5.74, 6) is -6.20. The van der Waals surface area contributed by atoms with Crippen LogP contribution in [0, 0.1) is 53.3 Å². The summed E-state index contributed by atoms with van der Waals surface area (Å²) in [7, 11) is 4.98. The maximum atomic E-state index is 14.2. The van der Waals surface area contributed by atoms with Crippen LogP contribution in [0.2, 0.25) is 0 Å². The molecule has 20 nitrogen and oxygen atoms in total. The van der Waals surface area contributed by atoms with Gasteiger partial charge in [0.2, 0.25) is 0 Å². The Bertz CT molecular complexity index is 2160. The molecule has 94 heavy (non-hydrogen) atoms. The van der Waals surface area contributed by atoms with E-state index in [2.05, 4.69) is 0 Å². The number of hydrogen-bond donors (Lipinski definition) is 9. The number of fused-ring (bicyclic) bond motifs is 4. The van der Waals surface area contributed by atoms with Crippen molar-refractivity contribution in [3.05, 3.63) is 47.6 Å². The number of aliphatic hydroxyl groups is 9. The summed E-state index contributed by atoms with van der Waals surface area (Å²) in [5, 5.41) is 106. The summed E-state index contributed by atoms with van der Waals surface area (Å²) in [6.45, 7) is 21.7. The van der Waals surface area contributed by atoms with Crippen molar-refractivity contribution in [2.24, 2.45) is 53.3 Å². The van der Waals surface area contributed by atoms with Gasteiger partial charge in [0, 0.05) is 87.9 Å². The minimum Gasteiger partial charge on any atom is -0.458 e. The molecule has 2 fully saturated rings. The SMILES string of the molecule is COC1CC(C)OC(CCC(C)C(O)C(C)C2OC(=O)C(C)=CCC(O)CC3C=CCC(CC(OC)C(C)C(O)CC(O)C(C)C(C(C)C(O)C(C)CCC4CC(OC)CC(C)O4)OC(=O)C(C)=CCC(O)CC4C=CCC(CC(CO)C(C)C(O)CC(O)C2C)O4)O3)C1. The molecule has 0 aromatic rings. The molecule has 0 aromatic heterocycles. The van der Waals surface area contributed by atoms with E-state index < -0.39 is 133 Å². The molecule has 0 aromatic carbocycles. The minimum atomic E-state index is -1.21. The Labute approximate surface area is 563 Å². The first-order chi connectivity index (χ1) is 44.5. The molecule has 0 spiro atoms. The number of aliphatic hydroxyl groups excluding tert-OH is 9. The Balaban J connectivity index is 1.38. The van der Waals surface area contributed by atoms with Gasteiger partial charge >= 0.3 is 11.9 Å². The highest BCUT2D eigenvalue weighted by Crippen LogP contribution is 2.37. The predicted molar refractivity (Wildman–Crippen MR) is 359 cm³/mol. The lowest BCUT2D eigenvalue weighted by Crippen LogP contribution is -2.46. The highest BCUT2D eigenvalue weighted by atomic mass is 16.6. The Morgan fingerprint density at radius 2 is 0.883 bits per heavy atom. The molecule has 30 atom stereocenters. The van der Waals surface area contributed by atoms with Crippen LogP contribution in [0.4, 0.5) is 0 Å². The van der Waals surface area contributed by atoms with Crippen LogP contribution in [-0.4, -0.2) is 214 Å². The van der Waals surface area contributed by atoms with Gasteiger partial charge in [-0.3, -0.25) is 0 Å². The fourth-order valence-corrected chi connectivity index (χ4v) is 15.1. The van der Waals surface area contributed by atoms with E-state index in [1.54, 1.807) is 68.1 Å². The maximum Gasteiger partial charge on any atom is 0.333 e. The van der Waals surface area contributed by atoms with Gasteiger partial charge in [-0.15, -0.1) is 0 Å². The Morgan fingerprint density at radius 3 is 1.28 bits per heavy atom. The fourth-order valence-electron chi connectivity index (χ4n) is 15.1. The van der Waals surface area contributed by atoms with Gasteiger partial charge in [0.05, 0.1) is 116 Å². The number of cyclic esters (lactones) is 2. The van der Waals surface area contributed by atoms with E-state index in [1.165, 1.54) is 0 Å². The second-order valence-electron chi connectivity index (χ2n) is 29.7. The molecule has 0 saturated carbocycles. The van der Waals surface area contributed by atoms with E-state index in [-0.39, 0.29) is 117 Å². The molecule has 0 amide bonds. The first-order valence-corrected chi connectivity index (χ1v) is 35.8. The van der Waals surface area contributed by atoms with E-state index >= 15 is 0 Å². The van der Waals surface area contributed by atoms with Crippen molar-refractivity contribution in [3.63, 3.8) is 0 Å². The van der Waals surface area contributed by atoms with Crippen LogP contribution in [-0.2, 0) is 52.2 Å². The highest BCUT2D eigenvalue weighted by molar-refractivity contribution is 5.88. The largest absolute Gasteiger partial charge is 0.458 e. The zero-order chi connectivity index (χ0) is 69.7. The van der Waals surface area contributed by atoms with Gasteiger partial charge in [0.1, 0.15) is 12.2 Å². The molecule has 5 aliphatic heterocycles. The maximum absolute atomic E-state index is 14.2. The minimum absolute atomic E-state index is 0.0394. The normalized spacial score (nSPS) is 40.3. The van der Waals surface area contributed by atoms with E-state index in [9.17, 15) is 55.5 Å². The molecule has 9 N–H and O–H groups in total. The van der Waals surface area contributed by atoms with Crippen molar-refractivity contribution in [1.29, 1.82) is 0 Å². The van der Waals surface area contributed by atoms with Gasteiger partial charge in [-0.05, 0) is 148 Å². The number of rotatable bonds is 16. The zero-order valence-electron chi connectivity index (χ0n) is 59.7. The summed E-state index contributed by atoms with van der Waals surface area (Å²) in [5.41, 5.74) is 0.447. The van der Waals surface area contributed by atoms with E-state index in [0.29, 0.717) is 51.4 Å². The molecular formula is C74H128O20. The molecule has 0 aliphatic carbocycles. The Morgan fingerprint density at radius 1 is 0.489 bits per heavy atom. The lowest BCUT2D eigenvalue weighted by molar-refractivity contribution is -0.160. The molecule has 4 bridgehead atoms. The average Bonchev–Trinajstić information content (AvgIpc) is 0.882. The summed E-state index contributed by atoms with van der Waals surface area (Å²) in [4.78, 5) is 28.4. The first-order valence-electron chi connectivity index (χ1n) is 35.8. The fraction of sp³-hybridized carbons (Fsp3) is 0.865. The van der Waals surface area contributed by atoms with Crippen LogP contribution < -0.4 is 0 Å². The molecule has 5 aliphatic rings. The zero-order valence-corrected chi connectivity index (χ0v) is 59.7. The van der Waals surface area contributed by atoms with Crippen molar-refractivity contribution in [2.45, 2.75) is 327 Å². The number of carbonyl (C=O) groups excluding carboxylic acids is 2. The summed E-state index contributed by atoms with van der Waals surface area (Å²) < 4.78 is 55.4. The second-order valence-corrected chi connectivity index (χ2v) is 29.7. The third-order valence-electron chi connectivity index (χ3n) is 22.0. The predicted octanol–water partition coefficient (Wildman–Crippen LogP) is 8.59. The monoisotopic (exact) mass is 1340 g/mol. The van der Waals surface area contributed by atoms with Crippen molar-refractivity contribution in [2.75, 3.05) is 27.9 Å². The van der Waals surface area contributed by atoms with Crippen molar-refractivity contribution in [1.82, 2.24) is 0 Å². The third kappa shape index (κ3) is 25.5. The van der Waals surface area contributed by atoms with Crippen LogP contribution in [0.5, 0.6) is 0 Å². The van der Waals surface area contributed by atoms with Gasteiger partial charge < -0.3 is 88.6 Å². The number of methoxy groups -OCH3 is 3. The lowest BCUT2D eigenvalue weighted by atomic mass is 9.77. The van der Waals surface area contributed by atoms with Crippen LogP contribution in [0.3, 0.4) is 0 Å². The molecule has 5 rings (SSSR count). The van der Waals surface area contributed by atoms with E-state index in [0.717, 1.165) is 25.7 Å². The Kier molecular flexibility index (Phi) is 35.3. The average molecular weight is 1340 g/mol. The third-order valence-corrected chi connectivity index (χ3v) is 22.0. The number of hydrogen-bond acceptors (Lipinski definition) is 20. The summed E-state index contributed by atoms with van der Waals surface area (Å²) >= 11 is 0. The van der Waals surface area contributed by atoms with Gasteiger partial charge in [0.15, 0.2) is 0 Å². The van der Waals surface area contributed by atoms with Gasteiger partial charge in [-0.25, -0.2) is 9.59 Å². The van der Waals surface area contributed by atoms with Crippen molar-refractivity contribution < 1.29 is 98.2 Å². The van der Waals surface area contributed by atoms with Crippen molar-refractivity contribution in [3.8, 4) is 0 Å². The summed E-state index contributed by atoms with van der Waals surface area (Å²) in [6, 6.07) is 0. The van der Waals surface area contributed by atoms with Gasteiger partial charge in [0.25, 0.3) is 0 Å². The quantitative estimate of drug-likeness (QED) is 0.0516. The standard InChI is InChI=1S/C74H128O20/c1-41(24-28-60-35-62(86-13)30-45(5)89-60)69(82)51(11)71-49(9)66(80)38-64(78)47(7)53(40-75)32-56-18-16-19-57(91-56)33-54(76)26-22-43(3)74(85)94-72(52(12)70(83)42(2)25-29-61-36-63(87-14)31-46(6)90-61)50(10)67(81)39-65(79)48(8)68(88-15)37-59-21-17-20-58(92-59)34-55(77)27-23-44(4)73(84)93-71/h16-17,19-20,22-23,41-42,45-72,75-83H,18,21,24-40H2,1-15H3. The Hall–Kier alpha value is -2.74. The van der Waals surface area contributed by atoms with E-state index in [1.807, 2.05) is 72.8 Å². The molecule has 544 valence electrons. The molecule has 0 radical (unpaired) electrons. The molecule has 30 unspecified atom stereocenters. The molecule has 2 saturated heterocycles. The van der Waals surface area contributed by atoms with Crippen LogP contribution in [0.1, 0.15) is 199 Å². The number of ether oxygens (including phenoxy) is 9. The summed E-state index contributed by atoms with van der Waals surface area (Å²) in [6.07, 6.45) is 6.47. The van der Waals surface area contributed by atoms with Crippen LogP contribution >= 0.6 is 0 Å². The lowest BCUT2D eigenvalue weighted by Gasteiger charge is -2.38. The highest BCUT2D eigenvalue weighted by Gasteiger charge is 2.43. The molecular weight excluding hydrogens is 1210 g/mol. The molecule has 20 heteroatoms. The number of esters is 2. The second kappa shape index (κ2) is 40.5.